The van der Waals surface area contributed by atoms with Gasteiger partial charge in [0.25, 0.3) is 0 Å². The van der Waals surface area contributed by atoms with Crippen LogP contribution in [-0.4, -0.2) is 144 Å². The van der Waals surface area contributed by atoms with Crippen LogP contribution in [0.2, 0.25) is 0 Å². The average Bonchev–Trinajstić information content (AvgIpc) is 3.24. The van der Waals surface area contributed by atoms with Crippen molar-refractivity contribution in [1.29, 1.82) is 0 Å². The maximum atomic E-state index is 11.9. The van der Waals surface area contributed by atoms with Crippen molar-refractivity contribution < 1.29 is 61.7 Å². The third-order valence-electron chi connectivity index (χ3n) is 9.43. The standard InChI is InChI=1S/C46H90O13/c1-3-5-7-9-10-11-12-13-14-15-16-17-18-20-22-24-46(48)59-44-42-57-40-38-55-36-34-53-32-30-51-28-26-49-25-27-50-29-31-52-33-35-54-37-39-56-41-43-58-45(47)23-21-19-8-6-4-2/h3-44H2,1-2H3. The van der Waals surface area contributed by atoms with Crippen molar-refractivity contribution in [2.75, 3.05) is 132 Å². The Hall–Kier alpha value is -1.42. The molecule has 0 saturated heterocycles. The van der Waals surface area contributed by atoms with E-state index in [0.29, 0.717) is 132 Å². The zero-order chi connectivity index (χ0) is 42.6. The lowest BCUT2D eigenvalue weighted by molar-refractivity contribution is -0.146. The van der Waals surface area contributed by atoms with Crippen molar-refractivity contribution in [1.82, 2.24) is 0 Å². The van der Waals surface area contributed by atoms with Crippen LogP contribution in [0.5, 0.6) is 0 Å². The molecule has 0 aromatic carbocycles. The Labute approximate surface area is 360 Å². The maximum absolute atomic E-state index is 11.9. The molecule has 0 saturated carbocycles. The fourth-order valence-corrected chi connectivity index (χ4v) is 5.95. The first-order chi connectivity index (χ1) is 29.2. The number of carbonyl (C=O) groups excluding carboxylic acids is 2. The molecule has 0 spiro atoms. The van der Waals surface area contributed by atoms with Gasteiger partial charge in [0.2, 0.25) is 0 Å². The SMILES string of the molecule is CCCCCCCCCCCCCCCCCC(=O)OCCOCCOCCOCCOCCOCCOCCOCCOCCOCCOC(=O)CCCCCCC. The molecule has 0 atom stereocenters. The summed E-state index contributed by atoms with van der Waals surface area (Å²) >= 11 is 0. The lowest BCUT2D eigenvalue weighted by atomic mass is 10.0. The summed E-state index contributed by atoms with van der Waals surface area (Å²) < 4.78 is 59.8. The van der Waals surface area contributed by atoms with E-state index in [9.17, 15) is 9.59 Å². The molecule has 0 aliphatic carbocycles. The van der Waals surface area contributed by atoms with Gasteiger partial charge in [-0.3, -0.25) is 9.59 Å². The van der Waals surface area contributed by atoms with Gasteiger partial charge in [-0.15, -0.1) is 0 Å². The lowest BCUT2D eigenvalue weighted by Crippen LogP contribution is -2.15. The molecule has 0 aliphatic rings. The molecule has 0 rings (SSSR count). The highest BCUT2D eigenvalue weighted by atomic mass is 16.6. The van der Waals surface area contributed by atoms with Crippen molar-refractivity contribution in [2.24, 2.45) is 0 Å². The van der Waals surface area contributed by atoms with Crippen molar-refractivity contribution in [3.8, 4) is 0 Å². The monoisotopic (exact) mass is 851 g/mol. The van der Waals surface area contributed by atoms with E-state index in [-0.39, 0.29) is 25.2 Å². The Kier molecular flexibility index (Phi) is 51.4. The first kappa shape index (κ1) is 57.6. The van der Waals surface area contributed by atoms with Crippen LogP contribution in [0, 0.1) is 0 Å². The van der Waals surface area contributed by atoms with Crippen molar-refractivity contribution in [2.45, 2.75) is 155 Å². The molecule has 13 nitrogen and oxygen atoms in total. The van der Waals surface area contributed by atoms with E-state index in [2.05, 4.69) is 13.8 Å². The summed E-state index contributed by atoms with van der Waals surface area (Å²) in [7, 11) is 0. The fraction of sp³-hybridized carbons (Fsp3) is 0.957. The highest BCUT2D eigenvalue weighted by Crippen LogP contribution is 2.14. The zero-order valence-electron chi connectivity index (χ0n) is 38.0. The van der Waals surface area contributed by atoms with E-state index in [1.807, 2.05) is 0 Å². The van der Waals surface area contributed by atoms with E-state index in [1.54, 1.807) is 0 Å². The van der Waals surface area contributed by atoms with Crippen LogP contribution in [0.4, 0.5) is 0 Å². The molecule has 0 aliphatic heterocycles. The maximum Gasteiger partial charge on any atom is 0.305 e. The van der Waals surface area contributed by atoms with E-state index in [4.69, 9.17) is 52.1 Å². The summed E-state index contributed by atoms with van der Waals surface area (Å²) in [5.74, 6) is -0.281. The van der Waals surface area contributed by atoms with Gasteiger partial charge >= 0.3 is 11.9 Å². The third kappa shape index (κ3) is 52.7. The summed E-state index contributed by atoms with van der Waals surface area (Å²) in [4.78, 5) is 23.6. The molecule has 0 bridgehead atoms. The number of hydrogen-bond acceptors (Lipinski definition) is 13. The van der Waals surface area contributed by atoms with Gasteiger partial charge < -0.3 is 52.1 Å². The summed E-state index contributed by atoms with van der Waals surface area (Å²) in [6.07, 6.45) is 26.3. The van der Waals surface area contributed by atoms with Gasteiger partial charge in [0, 0.05) is 12.8 Å². The second kappa shape index (κ2) is 52.7. The summed E-state index contributed by atoms with van der Waals surface area (Å²) in [5.41, 5.74) is 0. The number of ether oxygens (including phenoxy) is 11. The molecule has 0 radical (unpaired) electrons. The Balaban J connectivity index is 3.15. The molecule has 0 aromatic heterocycles. The molecule has 0 fully saturated rings. The number of unbranched alkanes of at least 4 members (excludes halogenated alkanes) is 18. The second-order valence-corrected chi connectivity index (χ2v) is 14.8. The molecule has 0 heterocycles. The average molecular weight is 851 g/mol. The molecule has 0 amide bonds. The minimum Gasteiger partial charge on any atom is -0.463 e. The van der Waals surface area contributed by atoms with Crippen LogP contribution in [0.1, 0.15) is 155 Å². The Morgan fingerprint density at radius 3 is 0.610 bits per heavy atom. The van der Waals surface area contributed by atoms with Crippen LogP contribution in [0.15, 0.2) is 0 Å². The van der Waals surface area contributed by atoms with Gasteiger partial charge in [-0.05, 0) is 12.8 Å². The van der Waals surface area contributed by atoms with Crippen LogP contribution in [0.3, 0.4) is 0 Å². The zero-order valence-corrected chi connectivity index (χ0v) is 38.0. The highest BCUT2D eigenvalue weighted by Gasteiger charge is 2.04. The van der Waals surface area contributed by atoms with E-state index >= 15 is 0 Å². The van der Waals surface area contributed by atoms with Gasteiger partial charge in [0.1, 0.15) is 13.2 Å². The predicted octanol–water partition coefficient (Wildman–Crippen LogP) is 8.84. The van der Waals surface area contributed by atoms with Gasteiger partial charge in [-0.2, -0.15) is 0 Å². The summed E-state index contributed by atoms with van der Waals surface area (Å²) in [6.45, 7) is 13.5. The van der Waals surface area contributed by atoms with Gasteiger partial charge in [-0.25, -0.2) is 0 Å². The number of carbonyl (C=O) groups is 2. The van der Waals surface area contributed by atoms with Crippen molar-refractivity contribution in [3.05, 3.63) is 0 Å². The summed E-state index contributed by atoms with van der Waals surface area (Å²) in [6, 6.07) is 0. The molecule has 0 aromatic rings. The molecule has 0 N–H and O–H groups in total. The molecule has 13 heteroatoms. The largest absolute Gasteiger partial charge is 0.463 e. The van der Waals surface area contributed by atoms with Crippen LogP contribution in [-0.2, 0) is 61.7 Å². The topological polar surface area (TPSA) is 136 Å². The van der Waals surface area contributed by atoms with E-state index in [0.717, 1.165) is 25.7 Å². The van der Waals surface area contributed by atoms with Crippen molar-refractivity contribution in [3.63, 3.8) is 0 Å². The Morgan fingerprint density at radius 1 is 0.237 bits per heavy atom. The molecular weight excluding hydrogens is 760 g/mol. The molecule has 352 valence electrons. The smallest absolute Gasteiger partial charge is 0.305 e. The normalized spacial score (nSPS) is 11.4. The number of esters is 2. The van der Waals surface area contributed by atoms with E-state index in [1.165, 1.54) is 103 Å². The Morgan fingerprint density at radius 2 is 0.407 bits per heavy atom. The lowest BCUT2D eigenvalue weighted by Gasteiger charge is -2.09. The molecular formula is C46H90O13. The minimum absolute atomic E-state index is 0.132. The van der Waals surface area contributed by atoms with Crippen LogP contribution >= 0.6 is 0 Å². The van der Waals surface area contributed by atoms with Gasteiger partial charge in [-0.1, -0.05) is 129 Å². The predicted molar refractivity (Wildman–Crippen MR) is 232 cm³/mol. The first-order valence-corrected chi connectivity index (χ1v) is 23.7. The van der Waals surface area contributed by atoms with Gasteiger partial charge in [0.15, 0.2) is 0 Å². The second-order valence-electron chi connectivity index (χ2n) is 14.8. The Bertz CT molecular complexity index is 820. The fourth-order valence-electron chi connectivity index (χ4n) is 5.95. The number of rotatable bonds is 52. The summed E-state index contributed by atoms with van der Waals surface area (Å²) in [5, 5.41) is 0. The quantitative estimate of drug-likeness (QED) is 0.0426. The first-order valence-electron chi connectivity index (χ1n) is 23.7. The van der Waals surface area contributed by atoms with Crippen LogP contribution in [0.25, 0.3) is 0 Å². The highest BCUT2D eigenvalue weighted by molar-refractivity contribution is 5.69. The third-order valence-corrected chi connectivity index (χ3v) is 9.43. The van der Waals surface area contributed by atoms with Gasteiger partial charge in [0.05, 0.1) is 119 Å². The van der Waals surface area contributed by atoms with Crippen molar-refractivity contribution >= 4 is 11.9 Å². The molecule has 59 heavy (non-hydrogen) atoms. The van der Waals surface area contributed by atoms with Crippen LogP contribution < -0.4 is 0 Å². The number of hydrogen-bond donors (Lipinski definition) is 0. The molecule has 0 unspecified atom stereocenters. The van der Waals surface area contributed by atoms with E-state index < -0.39 is 0 Å². The minimum atomic E-state index is -0.148.